The molecule has 0 heterocycles. The Balaban J connectivity index is 2.92. The molecule has 0 aromatic heterocycles. The molecule has 0 saturated heterocycles. The Hall–Kier alpha value is -0.160. The third-order valence-corrected chi connectivity index (χ3v) is 0.671. The summed E-state index contributed by atoms with van der Waals surface area (Å²) in [4.78, 5) is 0. The highest BCUT2D eigenvalue weighted by Gasteiger charge is 1.45. The van der Waals surface area contributed by atoms with E-state index in [1.807, 2.05) is 13.0 Å². The molecule has 0 aromatic rings. The Morgan fingerprint density at radius 3 is 2.40 bits per heavy atom. The van der Waals surface area contributed by atoms with E-state index < -0.39 is 0 Å². The Bertz CT molecular complexity index is 48.9. The molecule has 0 atom stereocenters. The zero-order valence-electron chi connectivity index (χ0n) is 3.10. The van der Waals surface area contributed by atoms with Gasteiger partial charge >= 0.3 is 0 Å². The lowest BCUT2D eigenvalue weighted by atomic mass is 10.8. The minimum Gasteiger partial charge on any atom is -0.279 e. The molecule has 0 aromatic carbocycles. The summed E-state index contributed by atoms with van der Waals surface area (Å²) in [5, 5.41) is 6.49. The molecule has 0 aliphatic heterocycles. The molecule has 28 valence electrons. The molecule has 0 spiro atoms. The molecule has 1 nitrogen and oxygen atoms in total. The standard InChI is InChI=1S/C3H6NP/c1-2-3-5-4/h2-4H,1H3. The third-order valence-electron chi connectivity index (χ3n) is 0.224. The highest BCUT2D eigenvalue weighted by molar-refractivity contribution is 7.29. The van der Waals surface area contributed by atoms with Gasteiger partial charge in [0.05, 0.1) is 0 Å². The van der Waals surface area contributed by atoms with E-state index in [1.54, 1.807) is 5.82 Å². The van der Waals surface area contributed by atoms with Gasteiger partial charge in [-0.2, -0.15) is 0 Å². The number of allylic oxidation sites excluding steroid dienone is 1. The van der Waals surface area contributed by atoms with Gasteiger partial charge in [0.25, 0.3) is 0 Å². The fourth-order valence-electron chi connectivity index (χ4n) is 0.0745. The van der Waals surface area contributed by atoms with Gasteiger partial charge < -0.3 is 0 Å². The van der Waals surface area contributed by atoms with Crippen molar-refractivity contribution in [1.82, 2.24) is 0 Å². The monoisotopic (exact) mass is 87.0 g/mol. The lowest BCUT2D eigenvalue weighted by Crippen LogP contribution is -1.22. The van der Waals surface area contributed by atoms with Crippen LogP contribution in [-0.4, -0.2) is 0 Å². The maximum absolute atomic E-state index is 6.49. The van der Waals surface area contributed by atoms with Crippen LogP contribution in [0.4, 0.5) is 0 Å². The zero-order valence-corrected chi connectivity index (χ0v) is 4.00. The van der Waals surface area contributed by atoms with Crippen LogP contribution >= 0.6 is 8.37 Å². The van der Waals surface area contributed by atoms with E-state index in [-0.39, 0.29) is 0 Å². The number of hydrogen-bond acceptors (Lipinski definition) is 1. The Labute approximate surface area is 33.4 Å². The predicted octanol–water partition coefficient (Wildman–Crippen LogP) is 2.23. The van der Waals surface area contributed by atoms with E-state index in [2.05, 4.69) is 0 Å². The minimum absolute atomic E-state index is 0.599. The second-order valence-electron chi connectivity index (χ2n) is 0.612. The van der Waals surface area contributed by atoms with Crippen LogP contribution in [0.15, 0.2) is 11.9 Å². The molecule has 0 saturated carbocycles. The second kappa shape index (κ2) is 3.84. The SMILES string of the molecule is CC=CP=N. The summed E-state index contributed by atoms with van der Waals surface area (Å²) in [6.07, 6.45) is 1.86. The van der Waals surface area contributed by atoms with Crippen molar-refractivity contribution in [3.8, 4) is 0 Å². The van der Waals surface area contributed by atoms with E-state index >= 15 is 0 Å². The summed E-state index contributed by atoms with van der Waals surface area (Å²) in [5.74, 6) is 1.76. The van der Waals surface area contributed by atoms with Gasteiger partial charge in [-0.15, -0.1) is 0 Å². The topological polar surface area (TPSA) is 23.9 Å². The molecule has 0 aliphatic carbocycles. The van der Waals surface area contributed by atoms with Crippen LogP contribution in [0.1, 0.15) is 6.92 Å². The van der Waals surface area contributed by atoms with Crippen LogP contribution in [0.5, 0.6) is 0 Å². The van der Waals surface area contributed by atoms with Crippen LogP contribution in [0.25, 0.3) is 0 Å². The summed E-state index contributed by atoms with van der Waals surface area (Å²) in [6.45, 7) is 1.90. The fraction of sp³-hybridized carbons (Fsp3) is 0.333. The molecular formula is C3H6NP. The molecule has 0 radical (unpaired) electrons. The molecule has 0 aliphatic rings. The number of nitrogens with one attached hydrogen (secondary N) is 1. The Morgan fingerprint density at radius 2 is 2.40 bits per heavy atom. The van der Waals surface area contributed by atoms with Crippen LogP contribution in [0.2, 0.25) is 0 Å². The van der Waals surface area contributed by atoms with E-state index in [9.17, 15) is 0 Å². The van der Waals surface area contributed by atoms with Gasteiger partial charge in [0, 0.05) is 8.37 Å². The largest absolute Gasteiger partial charge is 0.279 e. The lowest BCUT2D eigenvalue weighted by molar-refractivity contribution is 1.64. The zero-order chi connectivity index (χ0) is 4.12. The highest BCUT2D eigenvalue weighted by Crippen LogP contribution is 1.90. The van der Waals surface area contributed by atoms with Gasteiger partial charge in [0.15, 0.2) is 0 Å². The number of hydrogen-bond donors (Lipinski definition) is 1. The first kappa shape index (κ1) is 4.84. The van der Waals surface area contributed by atoms with E-state index in [1.165, 1.54) is 0 Å². The van der Waals surface area contributed by atoms with Crippen molar-refractivity contribution >= 4 is 8.37 Å². The third kappa shape index (κ3) is 3.84. The molecule has 5 heavy (non-hydrogen) atoms. The van der Waals surface area contributed by atoms with Gasteiger partial charge in [0.2, 0.25) is 0 Å². The Kier molecular flexibility index (Phi) is 3.72. The number of rotatable bonds is 1. The van der Waals surface area contributed by atoms with E-state index in [0.29, 0.717) is 8.37 Å². The molecule has 0 amide bonds. The van der Waals surface area contributed by atoms with Crippen molar-refractivity contribution in [1.29, 1.82) is 5.16 Å². The smallest absolute Gasteiger partial charge is 0.0268 e. The van der Waals surface area contributed by atoms with Crippen molar-refractivity contribution < 1.29 is 0 Å². The fourth-order valence-corrected chi connectivity index (χ4v) is 0.224. The van der Waals surface area contributed by atoms with Crippen LogP contribution < -0.4 is 0 Å². The van der Waals surface area contributed by atoms with Crippen molar-refractivity contribution in [2.75, 3.05) is 0 Å². The lowest BCUT2D eigenvalue weighted by Gasteiger charge is -1.53. The van der Waals surface area contributed by atoms with Crippen LogP contribution in [0, 0.1) is 5.16 Å². The van der Waals surface area contributed by atoms with Gasteiger partial charge in [-0.25, -0.2) is 0 Å². The summed E-state index contributed by atoms with van der Waals surface area (Å²) in [7, 11) is 0.599. The average Bonchev–Trinajstić information content (AvgIpc) is 1.41. The van der Waals surface area contributed by atoms with E-state index in [4.69, 9.17) is 5.16 Å². The van der Waals surface area contributed by atoms with Crippen LogP contribution in [-0.2, 0) is 0 Å². The van der Waals surface area contributed by atoms with Crippen LogP contribution in [0.3, 0.4) is 0 Å². The minimum atomic E-state index is 0.599. The molecule has 1 N–H and O–H groups in total. The van der Waals surface area contributed by atoms with Gasteiger partial charge in [-0.1, -0.05) is 6.08 Å². The van der Waals surface area contributed by atoms with Crippen molar-refractivity contribution in [3.63, 3.8) is 0 Å². The normalized spacial score (nSPS) is 10.6. The molecule has 2 heteroatoms. The quantitative estimate of drug-likeness (QED) is 0.474. The van der Waals surface area contributed by atoms with Crippen molar-refractivity contribution in [2.24, 2.45) is 0 Å². The summed E-state index contributed by atoms with van der Waals surface area (Å²) < 4.78 is 0. The van der Waals surface area contributed by atoms with Gasteiger partial charge in [-0.05, 0) is 12.7 Å². The highest BCUT2D eigenvalue weighted by atomic mass is 31.1. The van der Waals surface area contributed by atoms with Gasteiger partial charge in [0.1, 0.15) is 0 Å². The van der Waals surface area contributed by atoms with E-state index in [0.717, 1.165) is 0 Å². The first-order valence-corrected chi connectivity index (χ1v) is 2.36. The first-order valence-electron chi connectivity index (χ1n) is 1.39. The maximum atomic E-state index is 6.49. The maximum Gasteiger partial charge on any atom is 0.0268 e. The second-order valence-corrected chi connectivity index (χ2v) is 1.17. The average molecular weight is 87.1 g/mol. The molecule has 0 unspecified atom stereocenters. The molecule has 0 bridgehead atoms. The summed E-state index contributed by atoms with van der Waals surface area (Å²) >= 11 is 0. The summed E-state index contributed by atoms with van der Waals surface area (Å²) in [5.41, 5.74) is 0. The molecule has 0 rings (SSSR count). The Morgan fingerprint density at radius 1 is 1.80 bits per heavy atom. The predicted molar refractivity (Wildman–Crippen MR) is 24.5 cm³/mol. The summed E-state index contributed by atoms with van der Waals surface area (Å²) in [6, 6.07) is 0. The first-order chi connectivity index (χ1) is 2.41. The van der Waals surface area contributed by atoms with Crippen molar-refractivity contribution in [2.45, 2.75) is 6.92 Å². The molecule has 0 fully saturated rings. The van der Waals surface area contributed by atoms with Crippen molar-refractivity contribution in [3.05, 3.63) is 11.9 Å². The molecular weight excluding hydrogens is 81.0 g/mol. The van der Waals surface area contributed by atoms with Gasteiger partial charge in [-0.3, -0.25) is 5.16 Å².